The van der Waals surface area contributed by atoms with Crippen molar-refractivity contribution in [1.29, 1.82) is 5.26 Å². The Morgan fingerprint density at radius 1 is 1.13 bits per heavy atom. The molecule has 0 radical (unpaired) electrons. The van der Waals surface area contributed by atoms with Crippen LogP contribution in [0.4, 0.5) is 5.69 Å². The van der Waals surface area contributed by atoms with Crippen LogP contribution in [0.25, 0.3) is 10.8 Å². The highest BCUT2D eigenvalue weighted by atomic mass is 15.0. The third-order valence-corrected chi connectivity index (χ3v) is 4.17. The van der Waals surface area contributed by atoms with Gasteiger partial charge in [0.1, 0.15) is 11.8 Å². The molecule has 1 heterocycles. The molecule has 3 nitrogen and oxygen atoms in total. The molecule has 116 valence electrons. The van der Waals surface area contributed by atoms with Crippen molar-refractivity contribution in [1.82, 2.24) is 4.57 Å². The van der Waals surface area contributed by atoms with Gasteiger partial charge in [0.2, 0.25) is 0 Å². The lowest BCUT2D eigenvalue weighted by Gasteiger charge is -2.14. The van der Waals surface area contributed by atoms with Gasteiger partial charge in [-0.3, -0.25) is 0 Å². The number of fused-ring (bicyclic) bond motifs is 1. The maximum absolute atomic E-state index is 9.46. The predicted molar refractivity (Wildman–Crippen MR) is 95.2 cm³/mol. The van der Waals surface area contributed by atoms with E-state index in [4.69, 9.17) is 5.73 Å². The number of benzene rings is 2. The summed E-state index contributed by atoms with van der Waals surface area (Å²) in [5.41, 5.74) is 9.78. The summed E-state index contributed by atoms with van der Waals surface area (Å²) in [6.45, 7) is 5.00. The van der Waals surface area contributed by atoms with Crippen LogP contribution in [0.5, 0.6) is 0 Å². The summed E-state index contributed by atoms with van der Waals surface area (Å²) in [5, 5.41) is 11.9. The van der Waals surface area contributed by atoms with Crippen LogP contribution >= 0.6 is 0 Å². The van der Waals surface area contributed by atoms with Crippen molar-refractivity contribution >= 4 is 16.5 Å². The summed E-state index contributed by atoms with van der Waals surface area (Å²) in [6, 6.07) is 18.7. The van der Waals surface area contributed by atoms with Gasteiger partial charge < -0.3 is 10.3 Å². The Bertz CT molecular complexity index is 876. The highest BCUT2D eigenvalue weighted by Gasteiger charge is 2.15. The second-order valence-corrected chi connectivity index (χ2v) is 6.37. The van der Waals surface area contributed by atoms with E-state index in [1.807, 2.05) is 6.07 Å². The first-order valence-corrected chi connectivity index (χ1v) is 7.94. The molecule has 2 N–H and O–H groups in total. The number of hydrogen-bond acceptors (Lipinski definition) is 2. The van der Waals surface area contributed by atoms with Crippen molar-refractivity contribution < 1.29 is 0 Å². The minimum absolute atomic E-state index is 0.491. The highest BCUT2D eigenvalue weighted by Crippen LogP contribution is 2.25. The third kappa shape index (κ3) is 2.93. The number of hydrogen-bond donors (Lipinski definition) is 1. The van der Waals surface area contributed by atoms with E-state index in [0.717, 1.165) is 17.8 Å². The first-order valence-electron chi connectivity index (χ1n) is 7.94. The highest BCUT2D eigenvalue weighted by molar-refractivity contribution is 5.85. The van der Waals surface area contributed by atoms with Crippen LogP contribution < -0.4 is 5.73 Å². The number of anilines is 1. The van der Waals surface area contributed by atoms with Gasteiger partial charge in [-0.05, 0) is 34.7 Å². The van der Waals surface area contributed by atoms with Gasteiger partial charge in [0, 0.05) is 12.2 Å². The van der Waals surface area contributed by atoms with Gasteiger partial charge in [0.25, 0.3) is 0 Å². The van der Waals surface area contributed by atoms with Gasteiger partial charge in [0.05, 0.1) is 5.69 Å². The quantitative estimate of drug-likeness (QED) is 0.779. The average molecular weight is 303 g/mol. The average Bonchev–Trinajstić information content (AvgIpc) is 2.83. The number of nitrogens with two attached hydrogens (primary N) is 1. The van der Waals surface area contributed by atoms with Gasteiger partial charge in [-0.1, -0.05) is 56.3 Å². The number of nitriles is 1. The molecule has 0 saturated heterocycles. The SMILES string of the molecule is CC(C)Cc1c(N)cc(C#N)n1Cc1cccc2ccccc12. The van der Waals surface area contributed by atoms with Crippen LogP contribution in [0.1, 0.15) is 30.8 Å². The van der Waals surface area contributed by atoms with Crippen LogP contribution in [-0.4, -0.2) is 4.57 Å². The third-order valence-electron chi connectivity index (χ3n) is 4.17. The van der Waals surface area contributed by atoms with Crippen molar-refractivity contribution in [2.75, 3.05) is 5.73 Å². The van der Waals surface area contributed by atoms with E-state index in [1.54, 1.807) is 6.07 Å². The lowest BCUT2D eigenvalue weighted by Crippen LogP contribution is -2.10. The molecule has 0 fully saturated rings. The van der Waals surface area contributed by atoms with Gasteiger partial charge in [-0.25, -0.2) is 0 Å². The molecule has 2 aromatic carbocycles. The molecule has 0 atom stereocenters. The molecular formula is C20H21N3. The predicted octanol–water partition coefficient (Wildman–Crippen LogP) is 4.34. The largest absolute Gasteiger partial charge is 0.397 e. The second-order valence-electron chi connectivity index (χ2n) is 6.37. The molecule has 23 heavy (non-hydrogen) atoms. The number of aromatic nitrogens is 1. The van der Waals surface area contributed by atoms with Crippen LogP contribution in [0.2, 0.25) is 0 Å². The van der Waals surface area contributed by atoms with E-state index in [2.05, 4.69) is 60.9 Å². The summed E-state index contributed by atoms with van der Waals surface area (Å²) in [5.74, 6) is 0.491. The standard InChI is InChI=1S/C20H21N3/c1-14(2)10-20-19(22)11-17(12-21)23(20)13-16-8-5-7-15-6-3-4-9-18(15)16/h3-9,11,14H,10,13,22H2,1-2H3. The van der Waals surface area contributed by atoms with E-state index >= 15 is 0 Å². The summed E-state index contributed by atoms with van der Waals surface area (Å²) in [6.07, 6.45) is 0.873. The Balaban J connectivity index is 2.10. The van der Waals surface area contributed by atoms with E-state index in [9.17, 15) is 5.26 Å². The fourth-order valence-electron chi connectivity index (χ4n) is 3.10. The van der Waals surface area contributed by atoms with Gasteiger partial charge in [-0.2, -0.15) is 5.26 Å². The molecule has 3 heteroatoms. The van der Waals surface area contributed by atoms with E-state index in [-0.39, 0.29) is 0 Å². The summed E-state index contributed by atoms with van der Waals surface area (Å²) in [7, 11) is 0. The maximum Gasteiger partial charge on any atom is 0.122 e. The van der Waals surface area contributed by atoms with Crippen LogP contribution in [-0.2, 0) is 13.0 Å². The zero-order valence-electron chi connectivity index (χ0n) is 13.6. The van der Waals surface area contributed by atoms with Crippen molar-refractivity contribution in [2.24, 2.45) is 5.92 Å². The Hall–Kier alpha value is -2.73. The molecule has 0 amide bonds. The first-order chi connectivity index (χ1) is 11.1. The monoisotopic (exact) mass is 303 g/mol. The maximum atomic E-state index is 9.46. The van der Waals surface area contributed by atoms with E-state index in [0.29, 0.717) is 18.2 Å². The minimum Gasteiger partial charge on any atom is -0.397 e. The van der Waals surface area contributed by atoms with Gasteiger partial charge >= 0.3 is 0 Å². The van der Waals surface area contributed by atoms with Gasteiger partial charge in [0.15, 0.2) is 0 Å². The van der Waals surface area contributed by atoms with Crippen LogP contribution in [0.15, 0.2) is 48.5 Å². The lowest BCUT2D eigenvalue weighted by atomic mass is 10.0. The lowest BCUT2D eigenvalue weighted by molar-refractivity contribution is 0.604. The molecule has 1 aromatic heterocycles. The fourth-order valence-corrected chi connectivity index (χ4v) is 3.10. The molecule has 0 bridgehead atoms. The smallest absolute Gasteiger partial charge is 0.122 e. The minimum atomic E-state index is 0.491. The zero-order valence-corrected chi connectivity index (χ0v) is 13.6. The molecule has 0 unspecified atom stereocenters. The summed E-state index contributed by atoms with van der Waals surface area (Å²) >= 11 is 0. The van der Waals surface area contributed by atoms with E-state index in [1.165, 1.54) is 16.3 Å². The van der Waals surface area contributed by atoms with Crippen molar-refractivity contribution in [3.8, 4) is 6.07 Å². The number of nitrogens with zero attached hydrogens (tertiary/aromatic N) is 2. The fraction of sp³-hybridized carbons (Fsp3) is 0.250. The number of nitrogen functional groups attached to an aromatic ring is 1. The van der Waals surface area contributed by atoms with Crippen LogP contribution in [0.3, 0.4) is 0 Å². The Morgan fingerprint density at radius 3 is 2.61 bits per heavy atom. The molecular weight excluding hydrogens is 282 g/mol. The molecule has 0 aliphatic heterocycles. The molecule has 0 saturated carbocycles. The Morgan fingerprint density at radius 2 is 1.87 bits per heavy atom. The Kier molecular flexibility index (Phi) is 4.08. The molecule has 3 rings (SSSR count). The Labute approximate surface area is 137 Å². The first kappa shape index (κ1) is 15.2. The topological polar surface area (TPSA) is 54.7 Å². The summed E-state index contributed by atoms with van der Waals surface area (Å²) < 4.78 is 2.07. The van der Waals surface area contributed by atoms with Crippen molar-refractivity contribution in [3.63, 3.8) is 0 Å². The number of rotatable bonds is 4. The molecule has 0 spiro atoms. The zero-order chi connectivity index (χ0) is 16.4. The molecule has 0 aliphatic rings. The van der Waals surface area contributed by atoms with Crippen LogP contribution in [0, 0.1) is 17.2 Å². The van der Waals surface area contributed by atoms with Gasteiger partial charge in [-0.15, -0.1) is 0 Å². The normalized spacial score (nSPS) is 11.0. The van der Waals surface area contributed by atoms with Crippen molar-refractivity contribution in [3.05, 3.63) is 65.5 Å². The second kappa shape index (κ2) is 6.18. The van der Waals surface area contributed by atoms with E-state index < -0.39 is 0 Å². The van der Waals surface area contributed by atoms with Crippen molar-refractivity contribution in [2.45, 2.75) is 26.8 Å². The summed E-state index contributed by atoms with van der Waals surface area (Å²) in [4.78, 5) is 0. The molecule has 3 aromatic rings. The molecule has 0 aliphatic carbocycles.